The number of hydrogen-bond acceptors (Lipinski definition) is 3. The van der Waals surface area contributed by atoms with Crippen LogP contribution >= 0.6 is 0 Å². The number of amides is 2. The average Bonchev–Trinajstić information content (AvgIpc) is 2.62. The molecule has 18 heavy (non-hydrogen) atoms. The van der Waals surface area contributed by atoms with Crippen LogP contribution in [0.15, 0.2) is 0 Å². The Hall–Kier alpha value is -1.10. The standard InChI is InChI=1S/C13H22N2O3/c1-13(6-4-11(16)14-9-13)12(17)15-10-3-2-7-18-8-5-10/h10H,2-9H2,1H3,(H,14,16)(H,15,17)/t10-,13-/m1/s1. The Morgan fingerprint density at radius 3 is 3.00 bits per heavy atom. The second kappa shape index (κ2) is 5.69. The third-order valence-electron chi connectivity index (χ3n) is 3.91. The molecule has 2 aliphatic heterocycles. The highest BCUT2D eigenvalue weighted by atomic mass is 16.5. The molecule has 2 saturated heterocycles. The molecule has 5 heteroatoms. The summed E-state index contributed by atoms with van der Waals surface area (Å²) in [5.74, 6) is 0.109. The average molecular weight is 254 g/mol. The summed E-state index contributed by atoms with van der Waals surface area (Å²) in [6, 6.07) is 0.217. The van der Waals surface area contributed by atoms with Crippen LogP contribution in [-0.4, -0.2) is 37.6 Å². The largest absolute Gasteiger partial charge is 0.381 e. The quantitative estimate of drug-likeness (QED) is 0.758. The van der Waals surface area contributed by atoms with Gasteiger partial charge in [0.15, 0.2) is 0 Å². The van der Waals surface area contributed by atoms with Crippen LogP contribution in [0.25, 0.3) is 0 Å². The molecule has 0 unspecified atom stereocenters. The van der Waals surface area contributed by atoms with E-state index >= 15 is 0 Å². The van der Waals surface area contributed by atoms with Gasteiger partial charge in [-0.3, -0.25) is 9.59 Å². The zero-order valence-corrected chi connectivity index (χ0v) is 11.0. The van der Waals surface area contributed by atoms with Crippen molar-refractivity contribution in [3.8, 4) is 0 Å². The first kappa shape index (κ1) is 13.3. The summed E-state index contributed by atoms with van der Waals surface area (Å²) in [5, 5.41) is 5.89. The number of hydrogen-bond donors (Lipinski definition) is 2. The molecular weight excluding hydrogens is 232 g/mol. The Bertz CT molecular complexity index is 312. The minimum Gasteiger partial charge on any atom is -0.381 e. The first-order valence-corrected chi connectivity index (χ1v) is 6.75. The molecule has 0 aromatic heterocycles. The van der Waals surface area contributed by atoms with E-state index in [1.807, 2.05) is 6.92 Å². The second-order valence-electron chi connectivity index (χ2n) is 5.55. The van der Waals surface area contributed by atoms with E-state index in [1.54, 1.807) is 0 Å². The molecule has 0 bridgehead atoms. The molecule has 2 atom stereocenters. The molecule has 0 radical (unpaired) electrons. The van der Waals surface area contributed by atoms with E-state index in [9.17, 15) is 9.59 Å². The first-order valence-electron chi connectivity index (χ1n) is 6.75. The van der Waals surface area contributed by atoms with E-state index in [2.05, 4.69) is 10.6 Å². The van der Waals surface area contributed by atoms with Gasteiger partial charge in [0.2, 0.25) is 11.8 Å². The highest BCUT2D eigenvalue weighted by Gasteiger charge is 2.37. The lowest BCUT2D eigenvalue weighted by molar-refractivity contribution is -0.135. The van der Waals surface area contributed by atoms with E-state index in [0.717, 1.165) is 32.5 Å². The smallest absolute Gasteiger partial charge is 0.227 e. The Morgan fingerprint density at radius 1 is 1.44 bits per heavy atom. The number of piperidine rings is 1. The number of carbonyl (C=O) groups excluding carboxylic acids is 2. The molecule has 2 aliphatic rings. The summed E-state index contributed by atoms with van der Waals surface area (Å²) in [6.07, 6.45) is 3.94. The molecule has 5 nitrogen and oxygen atoms in total. The minimum absolute atomic E-state index is 0.0446. The number of rotatable bonds is 2. The molecule has 2 amide bonds. The van der Waals surface area contributed by atoms with Crippen LogP contribution in [0.4, 0.5) is 0 Å². The molecule has 2 fully saturated rings. The molecular formula is C13H22N2O3. The fourth-order valence-electron chi connectivity index (χ4n) is 2.46. The van der Waals surface area contributed by atoms with E-state index in [4.69, 9.17) is 4.74 Å². The topological polar surface area (TPSA) is 67.4 Å². The third-order valence-corrected chi connectivity index (χ3v) is 3.91. The van der Waals surface area contributed by atoms with Crippen molar-refractivity contribution >= 4 is 11.8 Å². The molecule has 2 N–H and O–H groups in total. The summed E-state index contributed by atoms with van der Waals surface area (Å²) in [6.45, 7) is 3.88. The van der Waals surface area contributed by atoms with Crippen LogP contribution in [0, 0.1) is 5.41 Å². The van der Waals surface area contributed by atoms with Crippen LogP contribution in [0.1, 0.15) is 39.0 Å². The van der Waals surface area contributed by atoms with Gasteiger partial charge in [0, 0.05) is 32.2 Å². The Morgan fingerprint density at radius 2 is 2.28 bits per heavy atom. The Balaban J connectivity index is 1.88. The molecule has 0 aliphatic carbocycles. The first-order chi connectivity index (χ1) is 8.60. The summed E-state index contributed by atoms with van der Waals surface area (Å²) in [7, 11) is 0. The van der Waals surface area contributed by atoms with Crippen LogP contribution in [-0.2, 0) is 14.3 Å². The predicted molar refractivity (Wildman–Crippen MR) is 67.0 cm³/mol. The third kappa shape index (κ3) is 3.22. The maximum Gasteiger partial charge on any atom is 0.227 e. The van der Waals surface area contributed by atoms with Crippen molar-refractivity contribution in [2.45, 2.75) is 45.1 Å². The maximum atomic E-state index is 12.3. The molecule has 0 spiro atoms. The van der Waals surface area contributed by atoms with Crippen LogP contribution in [0.3, 0.4) is 0 Å². The van der Waals surface area contributed by atoms with Crippen molar-refractivity contribution in [1.82, 2.24) is 10.6 Å². The van der Waals surface area contributed by atoms with Gasteiger partial charge in [-0.05, 0) is 32.6 Å². The summed E-state index contributed by atoms with van der Waals surface area (Å²) < 4.78 is 5.38. The van der Waals surface area contributed by atoms with Crippen molar-refractivity contribution < 1.29 is 14.3 Å². The van der Waals surface area contributed by atoms with Crippen molar-refractivity contribution in [3.05, 3.63) is 0 Å². The molecule has 2 heterocycles. The number of ether oxygens (including phenoxy) is 1. The van der Waals surface area contributed by atoms with Gasteiger partial charge in [-0.15, -0.1) is 0 Å². The zero-order chi connectivity index (χ0) is 13.0. The maximum absolute atomic E-state index is 12.3. The van der Waals surface area contributed by atoms with Gasteiger partial charge >= 0.3 is 0 Å². The molecule has 2 rings (SSSR count). The van der Waals surface area contributed by atoms with Gasteiger partial charge in [0.1, 0.15) is 0 Å². The monoisotopic (exact) mass is 254 g/mol. The van der Waals surface area contributed by atoms with Crippen molar-refractivity contribution in [1.29, 1.82) is 0 Å². The lowest BCUT2D eigenvalue weighted by atomic mass is 9.81. The molecule has 0 aromatic rings. The summed E-state index contributed by atoms with van der Waals surface area (Å²) in [5.41, 5.74) is -0.457. The Kier molecular flexibility index (Phi) is 4.22. The zero-order valence-electron chi connectivity index (χ0n) is 11.0. The van der Waals surface area contributed by atoms with Gasteiger partial charge in [-0.1, -0.05) is 0 Å². The van der Waals surface area contributed by atoms with Crippen LogP contribution in [0.2, 0.25) is 0 Å². The molecule has 102 valence electrons. The van der Waals surface area contributed by atoms with Gasteiger partial charge < -0.3 is 15.4 Å². The fraction of sp³-hybridized carbons (Fsp3) is 0.846. The van der Waals surface area contributed by atoms with E-state index in [-0.39, 0.29) is 17.9 Å². The van der Waals surface area contributed by atoms with Gasteiger partial charge in [-0.2, -0.15) is 0 Å². The SMILES string of the molecule is C[C@@]1(C(=O)N[C@@H]2CCCOCC2)CCC(=O)NC1. The summed E-state index contributed by atoms with van der Waals surface area (Å²) in [4.78, 5) is 23.5. The van der Waals surface area contributed by atoms with E-state index in [0.29, 0.717) is 19.4 Å². The van der Waals surface area contributed by atoms with Crippen molar-refractivity contribution in [3.63, 3.8) is 0 Å². The van der Waals surface area contributed by atoms with Crippen molar-refractivity contribution in [2.24, 2.45) is 5.41 Å². The second-order valence-corrected chi connectivity index (χ2v) is 5.55. The summed E-state index contributed by atoms with van der Waals surface area (Å²) >= 11 is 0. The van der Waals surface area contributed by atoms with E-state index < -0.39 is 5.41 Å². The van der Waals surface area contributed by atoms with Gasteiger partial charge in [0.25, 0.3) is 0 Å². The highest BCUT2D eigenvalue weighted by molar-refractivity contribution is 5.86. The molecule has 0 aromatic carbocycles. The van der Waals surface area contributed by atoms with Crippen LogP contribution in [0.5, 0.6) is 0 Å². The predicted octanol–water partition coefficient (Wildman–Crippen LogP) is 0.588. The Labute approximate surface area is 108 Å². The number of nitrogens with one attached hydrogen (secondary N) is 2. The minimum atomic E-state index is -0.457. The lowest BCUT2D eigenvalue weighted by Gasteiger charge is -2.33. The number of carbonyl (C=O) groups is 2. The van der Waals surface area contributed by atoms with Crippen LogP contribution < -0.4 is 10.6 Å². The normalized spacial score (nSPS) is 33.4. The van der Waals surface area contributed by atoms with Crippen molar-refractivity contribution in [2.75, 3.05) is 19.8 Å². The van der Waals surface area contributed by atoms with E-state index in [1.165, 1.54) is 0 Å². The highest BCUT2D eigenvalue weighted by Crippen LogP contribution is 2.26. The molecule has 0 saturated carbocycles. The van der Waals surface area contributed by atoms with Gasteiger partial charge in [-0.25, -0.2) is 0 Å². The fourth-order valence-corrected chi connectivity index (χ4v) is 2.46. The lowest BCUT2D eigenvalue weighted by Crippen LogP contribution is -2.52. The van der Waals surface area contributed by atoms with Gasteiger partial charge in [0.05, 0.1) is 5.41 Å².